The lowest BCUT2D eigenvalue weighted by Gasteiger charge is -2.35. The van der Waals surface area contributed by atoms with E-state index in [1.54, 1.807) is 37.4 Å². The predicted octanol–water partition coefficient (Wildman–Crippen LogP) is 7.41. The number of amides is 2. The molecular formula is C36H35FN2O5. The summed E-state index contributed by atoms with van der Waals surface area (Å²) in [6, 6.07) is 23.0. The van der Waals surface area contributed by atoms with E-state index in [0.717, 1.165) is 53.3 Å². The molecule has 7 nitrogen and oxygen atoms in total. The van der Waals surface area contributed by atoms with E-state index in [1.165, 1.54) is 11.0 Å². The summed E-state index contributed by atoms with van der Waals surface area (Å²) in [5.74, 6) is -2.31. The molecule has 1 saturated carbocycles. The van der Waals surface area contributed by atoms with Gasteiger partial charge in [-0.05, 0) is 97.4 Å². The van der Waals surface area contributed by atoms with Crippen LogP contribution in [0.4, 0.5) is 9.18 Å². The van der Waals surface area contributed by atoms with Gasteiger partial charge < -0.3 is 9.84 Å². The third-order valence-electron chi connectivity index (χ3n) is 9.44. The van der Waals surface area contributed by atoms with Crippen LogP contribution in [0.2, 0.25) is 0 Å². The van der Waals surface area contributed by atoms with Crippen molar-refractivity contribution in [2.24, 2.45) is 11.8 Å². The second-order valence-corrected chi connectivity index (χ2v) is 12.0. The quantitative estimate of drug-likeness (QED) is 0.228. The standard InChI is InChI=1S/C36H35FN2O5/c1-22(35(41)42)24-9-7-23(8-10-24)19-30(34(40)39-33(21-44-36(39)43)27-5-3-2-4-6-27)26-13-11-25(12-14-26)29-17-18-38-32-16-15-28(37)20-31(29)32/h2-10,15-18,20,22,25-26,30,33H,11-14,19,21H2,1H3,(H,41,42)/t22?,25?,26?,30-,33+/m1/s1. The normalized spacial score (nSPS) is 21.5. The molecule has 4 aromatic rings. The monoisotopic (exact) mass is 594 g/mol. The summed E-state index contributed by atoms with van der Waals surface area (Å²) in [6.45, 7) is 1.76. The summed E-state index contributed by atoms with van der Waals surface area (Å²) in [6.07, 6.45) is 4.76. The van der Waals surface area contributed by atoms with Crippen molar-refractivity contribution in [1.29, 1.82) is 0 Å². The van der Waals surface area contributed by atoms with Gasteiger partial charge in [0.25, 0.3) is 0 Å². The number of fused-ring (bicyclic) bond motifs is 1. The zero-order valence-corrected chi connectivity index (χ0v) is 24.6. The minimum Gasteiger partial charge on any atom is -0.481 e. The number of aromatic nitrogens is 1. The van der Waals surface area contributed by atoms with Crippen molar-refractivity contribution in [3.05, 3.63) is 113 Å². The number of carboxylic acid groups (broad SMARTS) is 1. The Kier molecular flexibility index (Phi) is 8.42. The number of carboxylic acids is 1. The fourth-order valence-corrected chi connectivity index (χ4v) is 6.89. The Morgan fingerprint density at radius 1 is 1.00 bits per heavy atom. The highest BCUT2D eigenvalue weighted by molar-refractivity contribution is 5.95. The molecule has 1 aliphatic carbocycles. The molecule has 6 rings (SSSR count). The molecule has 3 atom stereocenters. The van der Waals surface area contributed by atoms with E-state index >= 15 is 0 Å². The molecule has 0 spiro atoms. The van der Waals surface area contributed by atoms with Gasteiger partial charge in [0, 0.05) is 17.5 Å². The van der Waals surface area contributed by atoms with Gasteiger partial charge in [0.1, 0.15) is 18.5 Å². The van der Waals surface area contributed by atoms with Gasteiger partial charge in [-0.25, -0.2) is 14.1 Å². The third kappa shape index (κ3) is 5.94. The Hall–Kier alpha value is -4.59. The van der Waals surface area contributed by atoms with Gasteiger partial charge >= 0.3 is 12.1 Å². The first-order valence-corrected chi connectivity index (χ1v) is 15.2. The number of benzene rings is 3. The van der Waals surface area contributed by atoms with E-state index in [-0.39, 0.29) is 30.2 Å². The van der Waals surface area contributed by atoms with Crippen LogP contribution in [0.3, 0.4) is 0 Å². The number of halogens is 1. The van der Waals surface area contributed by atoms with E-state index in [2.05, 4.69) is 4.98 Å². The van der Waals surface area contributed by atoms with Crippen molar-refractivity contribution >= 4 is 28.9 Å². The second-order valence-electron chi connectivity index (χ2n) is 12.0. The molecule has 1 unspecified atom stereocenters. The van der Waals surface area contributed by atoms with E-state index < -0.39 is 29.9 Å². The molecule has 2 amide bonds. The topological polar surface area (TPSA) is 96.8 Å². The van der Waals surface area contributed by atoms with Crippen LogP contribution in [-0.4, -0.2) is 39.6 Å². The number of cyclic esters (lactones) is 1. The predicted molar refractivity (Wildman–Crippen MR) is 163 cm³/mol. The number of aliphatic carboxylic acids is 1. The van der Waals surface area contributed by atoms with Gasteiger partial charge in [0.05, 0.1) is 11.4 Å². The SMILES string of the molecule is CC(C(=O)O)c1ccc(C[C@@H](C(=O)N2C(=O)OC[C@H]2c2ccccc2)C2CCC(c3ccnc4ccc(F)cc34)CC2)cc1. The number of imide groups is 1. The second kappa shape index (κ2) is 12.6. The summed E-state index contributed by atoms with van der Waals surface area (Å²) in [5.41, 5.74) is 4.28. The molecule has 8 heteroatoms. The number of hydrogen-bond acceptors (Lipinski definition) is 5. The largest absolute Gasteiger partial charge is 0.481 e. The Morgan fingerprint density at radius 2 is 1.73 bits per heavy atom. The Balaban J connectivity index is 1.27. The maximum Gasteiger partial charge on any atom is 0.417 e. The van der Waals surface area contributed by atoms with Crippen LogP contribution < -0.4 is 0 Å². The number of rotatable bonds is 8. The first-order valence-electron chi connectivity index (χ1n) is 15.2. The summed E-state index contributed by atoms with van der Waals surface area (Å²) < 4.78 is 19.6. The summed E-state index contributed by atoms with van der Waals surface area (Å²) in [4.78, 5) is 44.6. The van der Waals surface area contributed by atoms with Crippen LogP contribution >= 0.6 is 0 Å². The van der Waals surface area contributed by atoms with Crippen molar-refractivity contribution in [2.75, 3.05) is 6.61 Å². The van der Waals surface area contributed by atoms with Gasteiger partial charge in [-0.3, -0.25) is 14.6 Å². The minimum atomic E-state index is -0.897. The summed E-state index contributed by atoms with van der Waals surface area (Å²) in [7, 11) is 0. The van der Waals surface area contributed by atoms with E-state index in [0.29, 0.717) is 12.0 Å². The highest BCUT2D eigenvalue weighted by Gasteiger charge is 2.44. The smallest absolute Gasteiger partial charge is 0.417 e. The molecule has 1 aliphatic heterocycles. The molecule has 0 bridgehead atoms. The van der Waals surface area contributed by atoms with Crippen molar-refractivity contribution in [2.45, 2.75) is 56.9 Å². The van der Waals surface area contributed by atoms with Crippen LogP contribution in [0.1, 0.15) is 72.7 Å². The molecule has 2 heterocycles. The van der Waals surface area contributed by atoms with Crippen LogP contribution in [0.25, 0.3) is 10.9 Å². The molecule has 1 saturated heterocycles. The molecule has 2 aliphatic rings. The molecule has 44 heavy (non-hydrogen) atoms. The van der Waals surface area contributed by atoms with Gasteiger partial charge in [0.2, 0.25) is 5.91 Å². The van der Waals surface area contributed by atoms with Gasteiger partial charge in [-0.1, -0.05) is 54.6 Å². The molecular weight excluding hydrogens is 559 g/mol. The molecule has 0 radical (unpaired) electrons. The maximum atomic E-state index is 14.4. The zero-order valence-electron chi connectivity index (χ0n) is 24.6. The molecule has 1 aromatic heterocycles. The lowest BCUT2D eigenvalue weighted by Crippen LogP contribution is -2.42. The number of ether oxygens (including phenoxy) is 1. The molecule has 226 valence electrons. The molecule has 2 fully saturated rings. The van der Waals surface area contributed by atoms with Crippen LogP contribution in [0.15, 0.2) is 85.1 Å². The average Bonchev–Trinajstić information content (AvgIpc) is 3.44. The zero-order chi connectivity index (χ0) is 30.8. The summed E-state index contributed by atoms with van der Waals surface area (Å²) in [5, 5.41) is 10.2. The lowest BCUT2D eigenvalue weighted by molar-refractivity contribution is -0.138. The number of carbonyl (C=O) groups is 3. The molecule has 3 aromatic carbocycles. The summed E-state index contributed by atoms with van der Waals surface area (Å²) >= 11 is 0. The maximum absolute atomic E-state index is 14.4. The van der Waals surface area contributed by atoms with Crippen molar-refractivity contribution in [1.82, 2.24) is 9.88 Å². The fraction of sp³-hybridized carbons (Fsp3) is 0.333. The van der Waals surface area contributed by atoms with E-state index in [1.807, 2.05) is 48.5 Å². The lowest BCUT2D eigenvalue weighted by atomic mass is 9.71. The third-order valence-corrected chi connectivity index (χ3v) is 9.44. The van der Waals surface area contributed by atoms with Crippen LogP contribution in [0, 0.1) is 17.7 Å². The number of hydrogen-bond donors (Lipinski definition) is 1. The van der Waals surface area contributed by atoms with Gasteiger partial charge in [0.15, 0.2) is 0 Å². The van der Waals surface area contributed by atoms with Crippen molar-refractivity contribution in [3.63, 3.8) is 0 Å². The average molecular weight is 595 g/mol. The Morgan fingerprint density at radius 3 is 2.43 bits per heavy atom. The minimum absolute atomic E-state index is 0.0195. The molecule has 1 N–H and O–H groups in total. The fourth-order valence-electron chi connectivity index (χ4n) is 6.89. The Bertz CT molecular complexity index is 1670. The first-order chi connectivity index (χ1) is 21.3. The number of carbonyl (C=O) groups excluding carboxylic acids is 2. The van der Waals surface area contributed by atoms with Crippen molar-refractivity contribution < 1.29 is 28.6 Å². The first kappa shape index (κ1) is 29.5. The van der Waals surface area contributed by atoms with E-state index in [4.69, 9.17) is 4.74 Å². The van der Waals surface area contributed by atoms with Crippen molar-refractivity contribution in [3.8, 4) is 0 Å². The van der Waals surface area contributed by atoms with Crippen LogP contribution in [0.5, 0.6) is 0 Å². The van der Waals surface area contributed by atoms with Crippen LogP contribution in [-0.2, 0) is 20.7 Å². The van der Waals surface area contributed by atoms with E-state index in [9.17, 15) is 23.9 Å². The number of pyridine rings is 1. The van der Waals surface area contributed by atoms with Gasteiger partial charge in [-0.15, -0.1) is 0 Å². The number of nitrogens with zero attached hydrogens (tertiary/aromatic N) is 2. The highest BCUT2D eigenvalue weighted by atomic mass is 19.1. The highest BCUT2D eigenvalue weighted by Crippen LogP contribution is 2.43. The Labute approximate surface area is 255 Å². The van der Waals surface area contributed by atoms with Gasteiger partial charge in [-0.2, -0.15) is 0 Å².